The lowest BCUT2D eigenvalue weighted by atomic mass is 9.73. The number of benzene rings is 1. The summed E-state index contributed by atoms with van der Waals surface area (Å²) in [6.07, 6.45) is 1.52. The van der Waals surface area contributed by atoms with E-state index >= 15 is 0 Å². The van der Waals surface area contributed by atoms with Crippen LogP contribution in [-0.4, -0.2) is 16.5 Å². The minimum Gasteiger partial charge on any atom is -0.618 e. The molecule has 0 aliphatic rings. The zero-order valence-corrected chi connectivity index (χ0v) is 14.7. The Bertz CT molecular complexity index is 804. The molecule has 1 aromatic carbocycles. The number of carbonyl (C=O) groups is 1. The number of hydrogen-bond donors (Lipinski definition) is 1. The van der Waals surface area contributed by atoms with Gasteiger partial charge in [-0.25, -0.2) is 0 Å². The highest BCUT2D eigenvalue weighted by Crippen LogP contribution is 2.35. The molecule has 0 spiro atoms. The van der Waals surface area contributed by atoms with Gasteiger partial charge >= 0.3 is 0 Å². The number of aliphatic hydroxyl groups is 1. The van der Waals surface area contributed by atoms with Crippen LogP contribution in [0, 0.1) is 23.5 Å². The molecule has 0 saturated carbocycles. The zero-order chi connectivity index (χ0) is 18.7. The molecule has 2 aromatic rings. The van der Waals surface area contributed by atoms with Gasteiger partial charge in [0.05, 0.1) is 6.07 Å². The lowest BCUT2D eigenvalue weighted by Gasteiger charge is -2.26. The van der Waals surface area contributed by atoms with E-state index in [-0.39, 0.29) is 24.3 Å². The molecular weight excluding hydrogens is 316 g/mol. The minimum atomic E-state index is -1.47. The van der Waals surface area contributed by atoms with Crippen LogP contribution in [0.15, 0.2) is 48.7 Å². The third kappa shape index (κ3) is 3.86. The largest absolute Gasteiger partial charge is 0.618 e. The Balaban J connectivity index is 2.55. The number of carbonyl (C=O) groups excluding carboxylic acids is 1. The molecule has 0 saturated heterocycles. The first-order valence-corrected chi connectivity index (χ1v) is 8.13. The van der Waals surface area contributed by atoms with Gasteiger partial charge < -0.3 is 10.3 Å². The molecule has 1 N–H and O–H groups in total. The molecule has 5 heteroatoms. The Morgan fingerprint density at radius 3 is 2.40 bits per heavy atom. The van der Waals surface area contributed by atoms with Crippen LogP contribution in [0.3, 0.4) is 0 Å². The van der Waals surface area contributed by atoms with E-state index in [2.05, 4.69) is 6.07 Å². The third-order valence-electron chi connectivity index (χ3n) is 4.37. The molecule has 0 bridgehead atoms. The molecule has 25 heavy (non-hydrogen) atoms. The lowest BCUT2D eigenvalue weighted by molar-refractivity contribution is -0.617. The second-order valence-electron chi connectivity index (χ2n) is 6.78. The predicted octanol–water partition coefficient (Wildman–Crippen LogP) is 2.56. The van der Waals surface area contributed by atoms with Crippen LogP contribution in [0.5, 0.6) is 0 Å². The number of hydrogen-bond acceptors (Lipinski definition) is 4. The maximum absolute atomic E-state index is 12.5. The fourth-order valence-corrected chi connectivity index (χ4v) is 2.84. The monoisotopic (exact) mass is 338 g/mol. The van der Waals surface area contributed by atoms with Crippen LogP contribution in [0.4, 0.5) is 0 Å². The molecule has 0 aliphatic carbocycles. The predicted molar refractivity (Wildman–Crippen MR) is 93.5 cm³/mol. The van der Waals surface area contributed by atoms with Gasteiger partial charge in [-0.05, 0) is 38.8 Å². The van der Waals surface area contributed by atoms with E-state index in [0.29, 0.717) is 10.3 Å². The minimum absolute atomic E-state index is 0.0141. The van der Waals surface area contributed by atoms with Crippen LogP contribution in [-0.2, 0) is 10.2 Å². The van der Waals surface area contributed by atoms with Crippen molar-refractivity contribution in [2.24, 2.45) is 0 Å². The Hall–Kier alpha value is -2.71. The normalized spacial score (nSPS) is 13.7. The standard InChI is InChI=1S/C20H22N2O3/c1-15-9-10-17(22(25)13-15)20(14-21,16-7-5-4-6-8-16)12-11-18(23)19(2,3)24/h4-10,13,24H,11-12H2,1-3H3/t20-/m1/s1. The Labute approximate surface area is 147 Å². The summed E-state index contributed by atoms with van der Waals surface area (Å²) in [6, 6.07) is 14.6. The van der Waals surface area contributed by atoms with E-state index < -0.39 is 11.0 Å². The summed E-state index contributed by atoms with van der Waals surface area (Å²) in [5.74, 6) is -0.368. The van der Waals surface area contributed by atoms with Gasteiger partial charge in [-0.2, -0.15) is 9.99 Å². The molecule has 5 nitrogen and oxygen atoms in total. The van der Waals surface area contributed by atoms with Crippen molar-refractivity contribution >= 4 is 5.78 Å². The highest BCUT2D eigenvalue weighted by molar-refractivity contribution is 5.86. The molecular formula is C20H22N2O3. The molecule has 0 aliphatic heterocycles. The molecule has 0 unspecified atom stereocenters. The number of nitriles is 1. The quantitative estimate of drug-likeness (QED) is 0.647. The number of nitrogens with zero attached hydrogens (tertiary/aromatic N) is 2. The lowest BCUT2D eigenvalue weighted by Crippen LogP contribution is -2.43. The van der Waals surface area contributed by atoms with E-state index in [0.717, 1.165) is 5.56 Å². The molecule has 130 valence electrons. The van der Waals surface area contributed by atoms with Crippen LogP contribution in [0.25, 0.3) is 0 Å². The zero-order valence-electron chi connectivity index (χ0n) is 14.7. The van der Waals surface area contributed by atoms with Crippen LogP contribution >= 0.6 is 0 Å². The fourth-order valence-electron chi connectivity index (χ4n) is 2.84. The first-order valence-electron chi connectivity index (χ1n) is 8.13. The smallest absolute Gasteiger partial charge is 0.217 e. The average molecular weight is 338 g/mol. The molecule has 0 amide bonds. The Morgan fingerprint density at radius 2 is 1.88 bits per heavy atom. The highest BCUT2D eigenvalue weighted by Gasteiger charge is 2.42. The Kier molecular flexibility index (Phi) is 5.24. The number of rotatable bonds is 6. The van der Waals surface area contributed by atoms with Crippen molar-refractivity contribution in [3.8, 4) is 6.07 Å². The number of aryl methyl sites for hydroxylation is 1. The molecule has 2 rings (SSSR count). The van der Waals surface area contributed by atoms with E-state index in [1.807, 2.05) is 6.07 Å². The van der Waals surface area contributed by atoms with Gasteiger partial charge in [-0.15, -0.1) is 0 Å². The fraction of sp³-hybridized carbons (Fsp3) is 0.350. The summed E-state index contributed by atoms with van der Waals surface area (Å²) in [7, 11) is 0. The van der Waals surface area contributed by atoms with Crippen LogP contribution < -0.4 is 4.73 Å². The SMILES string of the molecule is Cc1ccc([C@@](C#N)(CCC(=O)C(C)(C)O)c2ccccc2)[n+]([O-])c1. The summed E-state index contributed by atoms with van der Waals surface area (Å²) in [5.41, 5.74) is -1.04. The number of ketones is 1. The molecule has 1 atom stereocenters. The van der Waals surface area contributed by atoms with Crippen molar-refractivity contribution in [1.29, 1.82) is 5.26 Å². The van der Waals surface area contributed by atoms with Gasteiger partial charge in [0.15, 0.2) is 17.4 Å². The summed E-state index contributed by atoms with van der Waals surface area (Å²) in [5, 5.41) is 32.4. The second-order valence-corrected chi connectivity index (χ2v) is 6.78. The van der Waals surface area contributed by atoms with Gasteiger partial charge in [-0.1, -0.05) is 30.3 Å². The highest BCUT2D eigenvalue weighted by atomic mass is 16.5. The Morgan fingerprint density at radius 1 is 1.24 bits per heavy atom. The van der Waals surface area contributed by atoms with Crippen LogP contribution in [0.2, 0.25) is 0 Å². The first-order chi connectivity index (χ1) is 11.7. The second kappa shape index (κ2) is 7.04. The maximum Gasteiger partial charge on any atom is 0.217 e. The van der Waals surface area contributed by atoms with Gasteiger partial charge in [0, 0.05) is 18.1 Å². The maximum atomic E-state index is 12.5. The van der Waals surface area contributed by atoms with Gasteiger partial charge in [0.25, 0.3) is 0 Å². The number of aromatic nitrogens is 1. The summed E-state index contributed by atoms with van der Waals surface area (Å²) < 4.78 is 0.695. The van der Waals surface area contributed by atoms with Crippen molar-refractivity contribution in [3.63, 3.8) is 0 Å². The van der Waals surface area contributed by atoms with Gasteiger partial charge in [0.1, 0.15) is 5.60 Å². The summed E-state index contributed by atoms with van der Waals surface area (Å²) >= 11 is 0. The average Bonchev–Trinajstić information content (AvgIpc) is 2.57. The van der Waals surface area contributed by atoms with Crippen LogP contribution in [0.1, 0.15) is 43.5 Å². The molecule has 0 fully saturated rings. The van der Waals surface area contributed by atoms with Crippen molar-refractivity contribution in [2.75, 3.05) is 0 Å². The third-order valence-corrected chi connectivity index (χ3v) is 4.37. The van der Waals surface area contributed by atoms with Crippen molar-refractivity contribution < 1.29 is 14.6 Å². The van der Waals surface area contributed by atoms with Crippen molar-refractivity contribution in [1.82, 2.24) is 0 Å². The van der Waals surface area contributed by atoms with Gasteiger partial charge in [0.2, 0.25) is 5.69 Å². The van der Waals surface area contributed by atoms with E-state index in [1.54, 1.807) is 43.3 Å². The number of pyridine rings is 1. The topological polar surface area (TPSA) is 88.0 Å². The van der Waals surface area contributed by atoms with E-state index in [1.165, 1.54) is 20.0 Å². The van der Waals surface area contributed by atoms with Gasteiger partial charge in [-0.3, -0.25) is 4.79 Å². The van der Waals surface area contributed by atoms with Crippen molar-refractivity contribution in [2.45, 2.75) is 44.6 Å². The van der Waals surface area contributed by atoms with Crippen molar-refractivity contribution in [3.05, 3.63) is 70.7 Å². The van der Waals surface area contributed by atoms with E-state index in [9.17, 15) is 20.4 Å². The summed E-state index contributed by atoms with van der Waals surface area (Å²) in [4.78, 5) is 12.2. The molecule has 0 radical (unpaired) electrons. The number of Topliss-reactive ketones (excluding diaryl/α,β-unsaturated/α-hetero) is 1. The molecule has 1 aromatic heterocycles. The first kappa shape index (κ1) is 18.6. The van der Waals surface area contributed by atoms with E-state index in [4.69, 9.17) is 0 Å². The summed E-state index contributed by atoms with van der Waals surface area (Å²) in [6.45, 7) is 4.64. The molecule has 1 heterocycles.